The Balaban J connectivity index is 2.18. The first-order chi connectivity index (χ1) is 6.72. The van der Waals surface area contributed by atoms with Crippen molar-refractivity contribution < 1.29 is 14.3 Å². The number of allylic oxidation sites excluding steroid dienone is 2. The van der Waals surface area contributed by atoms with Gasteiger partial charge in [0.15, 0.2) is 12.1 Å². The molecule has 1 aliphatic rings. The van der Waals surface area contributed by atoms with E-state index >= 15 is 0 Å². The smallest absolute Gasteiger partial charge is 0.155 e. The number of ether oxygens (including phenoxy) is 2. The van der Waals surface area contributed by atoms with E-state index in [2.05, 4.69) is 0 Å². The van der Waals surface area contributed by atoms with Crippen LogP contribution in [0.25, 0.3) is 0 Å². The van der Waals surface area contributed by atoms with Crippen molar-refractivity contribution in [2.75, 3.05) is 13.2 Å². The minimum Gasteiger partial charge on any atom is -0.353 e. The summed E-state index contributed by atoms with van der Waals surface area (Å²) in [7, 11) is 0. The van der Waals surface area contributed by atoms with Gasteiger partial charge < -0.3 is 9.47 Å². The Morgan fingerprint density at radius 2 is 2.36 bits per heavy atom. The van der Waals surface area contributed by atoms with Crippen molar-refractivity contribution in [3.63, 3.8) is 0 Å². The Morgan fingerprint density at radius 1 is 1.57 bits per heavy atom. The van der Waals surface area contributed by atoms with E-state index in [4.69, 9.17) is 9.47 Å². The van der Waals surface area contributed by atoms with Crippen LogP contribution < -0.4 is 0 Å². The molecule has 1 aliphatic carbocycles. The van der Waals surface area contributed by atoms with E-state index in [1.54, 1.807) is 6.08 Å². The van der Waals surface area contributed by atoms with E-state index < -0.39 is 0 Å². The fraction of sp³-hybridized carbons (Fsp3) is 0.727. The Labute approximate surface area is 85.1 Å². The fourth-order valence-corrected chi connectivity index (χ4v) is 1.51. The maximum absolute atomic E-state index is 11.1. The first kappa shape index (κ1) is 11.4. The largest absolute Gasteiger partial charge is 0.353 e. The van der Waals surface area contributed by atoms with Crippen molar-refractivity contribution in [3.05, 3.63) is 12.2 Å². The van der Waals surface area contributed by atoms with E-state index in [0.29, 0.717) is 25.6 Å². The van der Waals surface area contributed by atoms with Gasteiger partial charge in [-0.1, -0.05) is 6.08 Å². The molecule has 0 aromatic carbocycles. The van der Waals surface area contributed by atoms with Gasteiger partial charge in [-0.05, 0) is 32.3 Å². The Morgan fingerprint density at radius 3 is 3.00 bits per heavy atom. The van der Waals surface area contributed by atoms with E-state index in [0.717, 1.165) is 6.42 Å². The Hall–Kier alpha value is -0.670. The minimum absolute atomic E-state index is 0.166. The first-order valence-corrected chi connectivity index (χ1v) is 5.15. The second-order valence-corrected chi connectivity index (χ2v) is 3.53. The van der Waals surface area contributed by atoms with Crippen molar-refractivity contribution in [2.45, 2.75) is 33.0 Å². The molecule has 1 rings (SSSR count). The molecule has 14 heavy (non-hydrogen) atoms. The monoisotopic (exact) mass is 198 g/mol. The Bertz CT molecular complexity index is 211. The summed E-state index contributed by atoms with van der Waals surface area (Å²) in [5, 5.41) is 0. The number of rotatable bonds is 5. The predicted octanol–water partition coefficient (Wildman–Crippen LogP) is 1.92. The molecule has 0 aromatic rings. The maximum atomic E-state index is 11.1. The van der Waals surface area contributed by atoms with Crippen molar-refractivity contribution in [1.82, 2.24) is 0 Å². The number of hydrogen-bond acceptors (Lipinski definition) is 3. The molecule has 0 saturated carbocycles. The highest BCUT2D eigenvalue weighted by molar-refractivity contribution is 5.90. The molecule has 0 N–H and O–H groups in total. The van der Waals surface area contributed by atoms with Gasteiger partial charge in [-0.3, -0.25) is 4.79 Å². The summed E-state index contributed by atoms with van der Waals surface area (Å²) in [6.45, 7) is 5.08. The van der Waals surface area contributed by atoms with Crippen LogP contribution in [0, 0.1) is 5.92 Å². The third-order valence-corrected chi connectivity index (χ3v) is 2.23. The summed E-state index contributed by atoms with van der Waals surface area (Å²) in [6.07, 6.45) is 4.95. The van der Waals surface area contributed by atoms with Gasteiger partial charge in [0.25, 0.3) is 0 Å². The van der Waals surface area contributed by atoms with Crippen LogP contribution in [0.4, 0.5) is 0 Å². The van der Waals surface area contributed by atoms with Gasteiger partial charge in [-0.15, -0.1) is 0 Å². The van der Waals surface area contributed by atoms with Crippen LogP contribution in [0.5, 0.6) is 0 Å². The third kappa shape index (κ3) is 4.03. The van der Waals surface area contributed by atoms with E-state index in [9.17, 15) is 4.79 Å². The van der Waals surface area contributed by atoms with Crippen molar-refractivity contribution in [2.24, 2.45) is 5.92 Å². The normalized spacial score (nSPS) is 23.9. The average molecular weight is 198 g/mol. The second kappa shape index (κ2) is 5.94. The summed E-state index contributed by atoms with van der Waals surface area (Å²) in [5.41, 5.74) is 0. The highest BCUT2D eigenvalue weighted by Crippen LogP contribution is 2.16. The third-order valence-electron chi connectivity index (χ3n) is 2.23. The van der Waals surface area contributed by atoms with E-state index in [1.165, 1.54) is 0 Å². The predicted molar refractivity (Wildman–Crippen MR) is 53.9 cm³/mol. The molecule has 3 nitrogen and oxygen atoms in total. The van der Waals surface area contributed by atoms with Crippen LogP contribution in [0.3, 0.4) is 0 Å². The molecule has 0 amide bonds. The zero-order chi connectivity index (χ0) is 10.4. The van der Waals surface area contributed by atoms with Gasteiger partial charge in [-0.2, -0.15) is 0 Å². The van der Waals surface area contributed by atoms with Gasteiger partial charge in [0.1, 0.15) is 0 Å². The van der Waals surface area contributed by atoms with Crippen LogP contribution in [0.1, 0.15) is 26.7 Å². The molecular weight excluding hydrogens is 180 g/mol. The zero-order valence-electron chi connectivity index (χ0n) is 8.86. The lowest BCUT2D eigenvalue weighted by Crippen LogP contribution is -2.21. The first-order valence-electron chi connectivity index (χ1n) is 5.15. The topological polar surface area (TPSA) is 35.5 Å². The lowest BCUT2D eigenvalue weighted by atomic mass is 9.94. The van der Waals surface area contributed by atoms with Crippen molar-refractivity contribution in [3.8, 4) is 0 Å². The molecule has 0 saturated heterocycles. The van der Waals surface area contributed by atoms with Crippen LogP contribution >= 0.6 is 0 Å². The molecule has 3 heteroatoms. The second-order valence-electron chi connectivity index (χ2n) is 3.53. The van der Waals surface area contributed by atoms with Gasteiger partial charge in [0, 0.05) is 13.0 Å². The SMILES string of the molecule is CCOC(C)OCC1CC=CC(=O)C1. The standard InChI is InChI=1S/C11H18O3/c1-3-13-9(2)14-8-10-5-4-6-11(12)7-10/h4,6,9-10H,3,5,7-8H2,1-2H3. The molecule has 80 valence electrons. The lowest BCUT2D eigenvalue weighted by molar-refractivity contribution is -0.138. The highest BCUT2D eigenvalue weighted by Gasteiger charge is 2.16. The zero-order valence-corrected chi connectivity index (χ0v) is 8.86. The summed E-state index contributed by atoms with van der Waals surface area (Å²) in [4.78, 5) is 11.1. The van der Waals surface area contributed by atoms with Gasteiger partial charge in [-0.25, -0.2) is 0 Å². The molecule has 0 spiro atoms. The molecule has 0 bridgehead atoms. The molecule has 0 aliphatic heterocycles. The quantitative estimate of drug-likeness (QED) is 0.633. The van der Waals surface area contributed by atoms with Crippen molar-refractivity contribution >= 4 is 5.78 Å². The summed E-state index contributed by atoms with van der Waals surface area (Å²) >= 11 is 0. The van der Waals surface area contributed by atoms with Crippen LogP contribution in [-0.4, -0.2) is 25.3 Å². The summed E-state index contributed by atoms with van der Waals surface area (Å²) in [5.74, 6) is 0.532. The summed E-state index contributed by atoms with van der Waals surface area (Å²) < 4.78 is 10.7. The van der Waals surface area contributed by atoms with Gasteiger partial charge >= 0.3 is 0 Å². The van der Waals surface area contributed by atoms with Gasteiger partial charge in [0.2, 0.25) is 0 Å². The molecule has 2 unspecified atom stereocenters. The average Bonchev–Trinajstić information content (AvgIpc) is 2.15. The van der Waals surface area contributed by atoms with Crippen LogP contribution in [0.2, 0.25) is 0 Å². The van der Waals surface area contributed by atoms with E-state index in [1.807, 2.05) is 19.9 Å². The number of ketones is 1. The highest BCUT2D eigenvalue weighted by atomic mass is 16.7. The van der Waals surface area contributed by atoms with Crippen LogP contribution in [0.15, 0.2) is 12.2 Å². The molecule has 0 radical (unpaired) electrons. The minimum atomic E-state index is -0.166. The molecule has 0 fully saturated rings. The summed E-state index contributed by atoms with van der Waals surface area (Å²) in [6, 6.07) is 0. The maximum Gasteiger partial charge on any atom is 0.155 e. The van der Waals surface area contributed by atoms with E-state index in [-0.39, 0.29) is 12.1 Å². The number of carbonyl (C=O) groups excluding carboxylic acids is 1. The van der Waals surface area contributed by atoms with Crippen molar-refractivity contribution in [1.29, 1.82) is 0 Å². The molecule has 0 aromatic heterocycles. The number of hydrogen-bond donors (Lipinski definition) is 0. The molecule has 2 atom stereocenters. The van der Waals surface area contributed by atoms with Crippen LogP contribution in [-0.2, 0) is 14.3 Å². The molecular formula is C11H18O3. The lowest BCUT2D eigenvalue weighted by Gasteiger charge is -2.19. The molecule has 0 heterocycles. The van der Waals surface area contributed by atoms with Gasteiger partial charge in [0.05, 0.1) is 6.61 Å². The fourth-order valence-electron chi connectivity index (χ4n) is 1.51. The number of carbonyl (C=O) groups is 1. The Kier molecular flexibility index (Phi) is 4.84.